The summed E-state index contributed by atoms with van der Waals surface area (Å²) in [6.07, 6.45) is 0. The molecule has 1 aromatic heterocycles. The van der Waals surface area contributed by atoms with E-state index in [1.54, 1.807) is 24.8 Å². The first-order valence-electron chi connectivity index (χ1n) is 10.2. The fraction of sp³-hybridized carbons (Fsp3) is 0.318. The van der Waals surface area contributed by atoms with Gasteiger partial charge in [0.15, 0.2) is 0 Å². The Morgan fingerprint density at radius 2 is 1.67 bits per heavy atom. The zero-order valence-electron chi connectivity index (χ0n) is 18.3. The molecule has 8 nitrogen and oxygen atoms in total. The number of nitro groups is 1. The number of benzene rings is 2. The number of aryl methyl sites for hydroxylation is 3. The monoisotopic (exact) mass is 507 g/mol. The highest BCUT2D eigenvalue weighted by molar-refractivity contribution is 7.89. The molecule has 2 heterocycles. The zero-order valence-corrected chi connectivity index (χ0v) is 20.7. The number of piperazine rings is 1. The van der Waals surface area contributed by atoms with E-state index in [4.69, 9.17) is 11.6 Å². The summed E-state index contributed by atoms with van der Waals surface area (Å²) in [6, 6.07) is 8.01. The quantitative estimate of drug-likeness (QED) is 0.381. The molecule has 4 rings (SSSR count). The van der Waals surface area contributed by atoms with Crippen LogP contribution in [0.4, 0.5) is 5.69 Å². The van der Waals surface area contributed by atoms with Crippen LogP contribution < -0.4 is 0 Å². The second kappa shape index (κ2) is 8.68. The lowest BCUT2D eigenvalue weighted by Crippen LogP contribution is -2.50. The van der Waals surface area contributed by atoms with E-state index in [2.05, 4.69) is 0 Å². The first kappa shape index (κ1) is 23.6. The molecule has 1 aliphatic heterocycles. The standard InChI is InChI=1S/C22H22ClN3O5S2/c1-13-10-14(2)21(15(3)11-13)33(30,31)25-8-6-24(7-9-25)22(27)20-19(23)17-5-4-16(26(28)29)12-18(17)32-20/h4-5,10-12H,6-9H2,1-3H3. The minimum Gasteiger partial charge on any atom is -0.335 e. The van der Waals surface area contributed by atoms with Crippen molar-refractivity contribution in [1.29, 1.82) is 0 Å². The topological polar surface area (TPSA) is 101 Å². The number of carbonyl (C=O) groups excluding carboxylic acids is 1. The fourth-order valence-electron chi connectivity index (χ4n) is 4.28. The van der Waals surface area contributed by atoms with E-state index in [-0.39, 0.29) is 42.8 Å². The molecule has 0 spiro atoms. The van der Waals surface area contributed by atoms with Gasteiger partial charge >= 0.3 is 0 Å². The molecule has 174 valence electrons. The zero-order chi connectivity index (χ0) is 24.1. The van der Waals surface area contributed by atoms with Crippen LogP contribution in [0.2, 0.25) is 5.02 Å². The minimum atomic E-state index is -3.69. The van der Waals surface area contributed by atoms with Crippen molar-refractivity contribution >= 4 is 54.6 Å². The molecule has 1 fully saturated rings. The van der Waals surface area contributed by atoms with Crippen molar-refractivity contribution in [2.24, 2.45) is 0 Å². The Morgan fingerprint density at radius 1 is 1.06 bits per heavy atom. The van der Waals surface area contributed by atoms with Crippen LogP contribution in [0.5, 0.6) is 0 Å². The van der Waals surface area contributed by atoms with Gasteiger partial charge in [-0.3, -0.25) is 14.9 Å². The Hall–Kier alpha value is -2.53. The summed E-state index contributed by atoms with van der Waals surface area (Å²) in [5.74, 6) is -0.302. The maximum Gasteiger partial charge on any atom is 0.270 e. The van der Waals surface area contributed by atoms with Crippen LogP contribution in [0.1, 0.15) is 26.4 Å². The fourth-order valence-corrected chi connectivity index (χ4v) is 7.63. The number of hydrogen-bond donors (Lipinski definition) is 0. The number of hydrogen-bond acceptors (Lipinski definition) is 6. The summed E-state index contributed by atoms with van der Waals surface area (Å²) < 4.78 is 28.6. The Labute approximate surface area is 200 Å². The third-order valence-corrected chi connectivity index (χ3v) is 9.60. The highest BCUT2D eigenvalue weighted by atomic mass is 35.5. The molecule has 33 heavy (non-hydrogen) atoms. The minimum absolute atomic E-state index is 0.0695. The number of sulfonamides is 1. The van der Waals surface area contributed by atoms with Gasteiger partial charge in [0.1, 0.15) is 4.88 Å². The van der Waals surface area contributed by atoms with Crippen molar-refractivity contribution in [3.8, 4) is 0 Å². The summed E-state index contributed by atoms with van der Waals surface area (Å²) in [7, 11) is -3.69. The number of nitro benzene ring substituents is 1. The second-order valence-corrected chi connectivity index (χ2v) is 11.4. The van der Waals surface area contributed by atoms with Crippen molar-refractivity contribution in [1.82, 2.24) is 9.21 Å². The number of halogens is 1. The maximum absolute atomic E-state index is 13.3. The molecule has 0 N–H and O–H groups in total. The van der Waals surface area contributed by atoms with E-state index in [1.807, 2.05) is 19.1 Å². The third kappa shape index (κ3) is 4.23. The third-order valence-electron chi connectivity index (χ3n) is 5.75. The number of amides is 1. The normalized spacial score (nSPS) is 15.2. The van der Waals surface area contributed by atoms with Gasteiger partial charge in [0.2, 0.25) is 10.0 Å². The van der Waals surface area contributed by atoms with Crippen LogP contribution in [0.25, 0.3) is 10.1 Å². The number of fused-ring (bicyclic) bond motifs is 1. The van der Waals surface area contributed by atoms with E-state index in [1.165, 1.54) is 16.4 Å². The smallest absolute Gasteiger partial charge is 0.270 e. The van der Waals surface area contributed by atoms with E-state index >= 15 is 0 Å². The molecule has 1 aliphatic rings. The average molecular weight is 508 g/mol. The number of rotatable bonds is 4. The van der Waals surface area contributed by atoms with Gasteiger partial charge in [-0.2, -0.15) is 4.31 Å². The molecular formula is C22H22ClN3O5S2. The van der Waals surface area contributed by atoms with Gasteiger partial charge in [-0.15, -0.1) is 11.3 Å². The van der Waals surface area contributed by atoms with Gasteiger partial charge in [-0.05, 0) is 38.0 Å². The molecule has 0 bridgehead atoms. The first-order chi connectivity index (χ1) is 15.5. The largest absolute Gasteiger partial charge is 0.335 e. The van der Waals surface area contributed by atoms with Gasteiger partial charge < -0.3 is 4.90 Å². The molecule has 0 saturated carbocycles. The lowest BCUT2D eigenvalue weighted by molar-refractivity contribution is -0.384. The van der Waals surface area contributed by atoms with E-state index in [9.17, 15) is 23.3 Å². The Morgan fingerprint density at radius 3 is 2.24 bits per heavy atom. The van der Waals surface area contributed by atoms with Crippen LogP contribution in [-0.2, 0) is 10.0 Å². The summed E-state index contributed by atoms with van der Waals surface area (Å²) >= 11 is 7.53. The molecule has 1 amide bonds. The number of nitrogens with zero attached hydrogens (tertiary/aromatic N) is 3. The predicted octanol–water partition coefficient (Wildman–Crippen LogP) is 4.53. The molecule has 0 aliphatic carbocycles. The van der Waals surface area contributed by atoms with E-state index in [0.717, 1.165) is 16.9 Å². The molecule has 0 radical (unpaired) electrons. The van der Waals surface area contributed by atoms with E-state index in [0.29, 0.717) is 31.0 Å². The van der Waals surface area contributed by atoms with Gasteiger partial charge in [0.25, 0.3) is 11.6 Å². The average Bonchev–Trinajstić information content (AvgIpc) is 3.08. The molecule has 0 atom stereocenters. The summed E-state index contributed by atoms with van der Waals surface area (Å²) in [5, 5.41) is 11.9. The van der Waals surface area contributed by atoms with Crippen molar-refractivity contribution in [2.45, 2.75) is 25.7 Å². The van der Waals surface area contributed by atoms with Gasteiger partial charge in [0.05, 0.1) is 14.8 Å². The number of non-ortho nitro benzene ring substituents is 1. The lowest BCUT2D eigenvalue weighted by atomic mass is 10.1. The second-order valence-electron chi connectivity index (χ2n) is 8.11. The van der Waals surface area contributed by atoms with E-state index < -0.39 is 14.9 Å². The lowest BCUT2D eigenvalue weighted by Gasteiger charge is -2.34. The Balaban J connectivity index is 1.54. The van der Waals surface area contributed by atoms with Crippen LogP contribution in [0, 0.1) is 30.9 Å². The first-order valence-corrected chi connectivity index (χ1v) is 12.9. The van der Waals surface area contributed by atoms with Crippen LogP contribution in [0.15, 0.2) is 35.2 Å². The predicted molar refractivity (Wildman–Crippen MR) is 129 cm³/mol. The van der Waals surface area contributed by atoms with Gasteiger partial charge in [-0.1, -0.05) is 29.3 Å². The van der Waals surface area contributed by atoms with Crippen LogP contribution >= 0.6 is 22.9 Å². The van der Waals surface area contributed by atoms with Crippen molar-refractivity contribution in [3.63, 3.8) is 0 Å². The van der Waals surface area contributed by atoms with Gasteiger partial charge in [0, 0.05) is 48.4 Å². The number of thiophene rings is 1. The maximum atomic E-state index is 13.3. The molecule has 11 heteroatoms. The molecular weight excluding hydrogens is 486 g/mol. The highest BCUT2D eigenvalue weighted by Crippen LogP contribution is 2.38. The number of carbonyl (C=O) groups is 1. The Bertz CT molecular complexity index is 1370. The highest BCUT2D eigenvalue weighted by Gasteiger charge is 2.33. The molecule has 2 aromatic carbocycles. The van der Waals surface area contributed by atoms with Crippen LogP contribution in [-0.4, -0.2) is 54.6 Å². The molecule has 3 aromatic rings. The molecule has 0 unspecified atom stereocenters. The van der Waals surface area contributed by atoms with Gasteiger partial charge in [-0.25, -0.2) is 8.42 Å². The van der Waals surface area contributed by atoms with Crippen molar-refractivity contribution < 1.29 is 18.1 Å². The van der Waals surface area contributed by atoms with Crippen molar-refractivity contribution in [2.75, 3.05) is 26.2 Å². The molecule has 1 saturated heterocycles. The Kier molecular flexibility index (Phi) is 6.21. The van der Waals surface area contributed by atoms with Crippen LogP contribution in [0.3, 0.4) is 0 Å². The summed E-state index contributed by atoms with van der Waals surface area (Å²) in [6.45, 7) is 6.32. The van der Waals surface area contributed by atoms with Crippen molar-refractivity contribution in [3.05, 3.63) is 67.0 Å². The summed E-state index contributed by atoms with van der Waals surface area (Å²) in [5.41, 5.74) is 2.35. The summed E-state index contributed by atoms with van der Waals surface area (Å²) in [4.78, 5) is 25.9. The SMILES string of the molecule is Cc1cc(C)c(S(=O)(=O)N2CCN(C(=O)c3sc4cc([N+](=O)[O-])ccc4c3Cl)CC2)c(C)c1.